The summed E-state index contributed by atoms with van der Waals surface area (Å²) in [5, 5.41) is 0. The Hall–Kier alpha value is 2.97. The van der Waals surface area contributed by atoms with Crippen molar-refractivity contribution >= 4 is 111 Å². The first-order chi connectivity index (χ1) is 2.00. The Kier molecular flexibility index (Phi) is 44.6. The van der Waals surface area contributed by atoms with Crippen LogP contribution in [0.2, 0.25) is 0 Å². The van der Waals surface area contributed by atoms with Crippen molar-refractivity contribution in [3.8, 4) is 0 Å². The van der Waals surface area contributed by atoms with Gasteiger partial charge < -0.3 is 0 Å². The van der Waals surface area contributed by atoms with Gasteiger partial charge in [0.2, 0.25) is 0 Å². The van der Waals surface area contributed by atoms with Crippen LogP contribution in [0.1, 0.15) is 1.43 Å². The fourth-order valence-electron chi connectivity index (χ4n) is 0. The van der Waals surface area contributed by atoms with Crippen molar-refractivity contribution in [1.29, 1.82) is 0 Å². The van der Waals surface area contributed by atoms with Gasteiger partial charge in [-0.25, -0.2) is 0 Å². The molecule has 0 aliphatic heterocycles. The molecule has 4 nitrogen and oxygen atoms in total. The molecular weight excluding hydrogens is 247 g/mol. The maximum atomic E-state index is 8.74. The molecule has 2 N–H and O–H groups in total. The Balaban J connectivity index is -0.00000000800. The summed E-state index contributed by atoms with van der Waals surface area (Å²) in [5.74, 6) is 0. The molecular formula is H7Ca2Cl2O4S+3. The van der Waals surface area contributed by atoms with Gasteiger partial charge in [0.25, 0.3) is 0 Å². The van der Waals surface area contributed by atoms with Crippen molar-refractivity contribution in [2.45, 2.75) is 0 Å². The van der Waals surface area contributed by atoms with Gasteiger partial charge in [-0.1, -0.05) is 0 Å². The minimum atomic E-state index is -4.67. The van der Waals surface area contributed by atoms with E-state index in [1.54, 1.807) is 0 Å². The number of hydrogen-bond acceptors (Lipinski definition) is 2. The third-order valence-electron chi connectivity index (χ3n) is 0. The van der Waals surface area contributed by atoms with E-state index in [0.29, 0.717) is 0 Å². The summed E-state index contributed by atoms with van der Waals surface area (Å²) in [6, 6.07) is 0. The molecule has 0 radical (unpaired) electrons. The predicted octanol–water partition coefficient (Wildman–Crippen LogP) is -0.994. The van der Waals surface area contributed by atoms with Crippen molar-refractivity contribution in [1.82, 2.24) is 0 Å². The molecule has 0 saturated carbocycles. The van der Waals surface area contributed by atoms with Crippen molar-refractivity contribution in [2.75, 3.05) is 0 Å². The molecule has 0 aromatic carbocycles. The zero-order valence-electron chi connectivity index (χ0n) is 4.64. The van der Waals surface area contributed by atoms with Crippen LogP contribution in [-0.2, 0) is 10.4 Å². The molecule has 0 unspecified atom stereocenters. The molecule has 0 bridgehead atoms. The van der Waals surface area contributed by atoms with Crippen molar-refractivity contribution in [2.24, 2.45) is 0 Å². The van der Waals surface area contributed by atoms with Crippen LogP contribution in [0.5, 0.6) is 0 Å². The second-order valence-electron chi connectivity index (χ2n) is 0.448. The molecule has 0 heterocycles. The van der Waals surface area contributed by atoms with Crippen LogP contribution < -0.4 is 0 Å². The maximum Gasteiger partial charge on any atom is 1.00 e. The fourth-order valence-corrected chi connectivity index (χ4v) is 0. The average Bonchev–Trinajstić information content (AvgIpc) is 0.722. The molecule has 0 saturated heterocycles. The van der Waals surface area contributed by atoms with Gasteiger partial charge in [0.15, 0.2) is 0 Å². The molecule has 0 aromatic rings. The van der Waals surface area contributed by atoms with E-state index in [2.05, 4.69) is 0 Å². The Labute approximate surface area is 127 Å². The molecule has 0 aliphatic rings. The quantitative estimate of drug-likeness (QED) is 0.430. The van der Waals surface area contributed by atoms with Gasteiger partial charge in [0.1, 0.15) is 0 Å². The Morgan fingerprint density at radius 2 is 1.11 bits per heavy atom. The summed E-state index contributed by atoms with van der Waals surface area (Å²) in [6.07, 6.45) is 0. The molecule has 9 heteroatoms. The summed E-state index contributed by atoms with van der Waals surface area (Å²) in [4.78, 5) is 0. The minimum Gasteiger partial charge on any atom is 1.00 e. The van der Waals surface area contributed by atoms with Gasteiger partial charge in [-0.2, -0.15) is 8.42 Å². The van der Waals surface area contributed by atoms with Crippen LogP contribution in [-0.4, -0.2) is 93.0 Å². The first-order valence-electron chi connectivity index (χ1n) is 0.698. The summed E-state index contributed by atoms with van der Waals surface area (Å²) in [7, 11) is -4.67. The van der Waals surface area contributed by atoms with E-state index in [1.165, 1.54) is 0 Å². The van der Waals surface area contributed by atoms with Gasteiger partial charge in [-0.15, -0.1) is 24.8 Å². The van der Waals surface area contributed by atoms with E-state index in [-0.39, 0.29) is 102 Å². The second kappa shape index (κ2) is 13.6. The van der Waals surface area contributed by atoms with Gasteiger partial charge in [-0.3, -0.25) is 9.11 Å². The Morgan fingerprint density at radius 1 is 1.11 bits per heavy atom. The molecule has 0 spiro atoms. The zero-order valence-corrected chi connectivity index (χ0v) is 8.30. The molecule has 0 aromatic heterocycles. The fraction of sp³-hybridized carbons (Fsp3) is 0. The minimum absolute atomic E-state index is 0. The van der Waals surface area contributed by atoms with E-state index in [0.717, 1.165) is 0 Å². The third kappa shape index (κ3) is 100. The molecule has 0 amide bonds. The second-order valence-corrected chi connectivity index (χ2v) is 1.34. The van der Waals surface area contributed by atoms with Gasteiger partial charge in [0.05, 0.1) is 0 Å². The number of rotatable bonds is 0. The molecule has 9 heavy (non-hydrogen) atoms. The van der Waals surface area contributed by atoms with Crippen LogP contribution in [0.3, 0.4) is 0 Å². The van der Waals surface area contributed by atoms with Crippen LogP contribution >= 0.6 is 24.8 Å². The van der Waals surface area contributed by atoms with Crippen LogP contribution in [0.15, 0.2) is 0 Å². The predicted molar refractivity (Wildman–Crippen MR) is 44.1 cm³/mol. The number of halogens is 2. The number of hydrogen-bond donors (Lipinski definition) is 2. The van der Waals surface area contributed by atoms with Crippen molar-refractivity contribution in [3.05, 3.63) is 0 Å². The first-order valence-corrected chi connectivity index (χ1v) is 2.10. The molecule has 0 aliphatic carbocycles. The van der Waals surface area contributed by atoms with E-state index in [9.17, 15) is 0 Å². The van der Waals surface area contributed by atoms with Gasteiger partial charge in [0, 0.05) is 0 Å². The Bertz CT molecular complexity index is 104. The molecule has 0 rings (SSSR count). The van der Waals surface area contributed by atoms with E-state index in [1.807, 2.05) is 0 Å². The van der Waals surface area contributed by atoms with E-state index >= 15 is 0 Å². The summed E-state index contributed by atoms with van der Waals surface area (Å²) in [6.45, 7) is 0. The summed E-state index contributed by atoms with van der Waals surface area (Å²) >= 11 is 0. The summed E-state index contributed by atoms with van der Waals surface area (Å²) in [5.41, 5.74) is 0. The van der Waals surface area contributed by atoms with E-state index < -0.39 is 10.4 Å². The van der Waals surface area contributed by atoms with Crippen LogP contribution in [0.4, 0.5) is 0 Å². The van der Waals surface area contributed by atoms with Crippen molar-refractivity contribution in [3.63, 3.8) is 0 Å². The largest absolute Gasteiger partial charge is 1.00 e. The summed E-state index contributed by atoms with van der Waals surface area (Å²) < 4.78 is 31.6. The SMILES string of the molecule is Cl.Cl.O=S(=O)(O)O.[Ca+2].[CaH2].[H+]. The van der Waals surface area contributed by atoms with Crippen LogP contribution in [0, 0.1) is 0 Å². The molecule has 0 atom stereocenters. The smallest absolute Gasteiger partial charge is 1.00 e. The van der Waals surface area contributed by atoms with Crippen LogP contribution in [0.25, 0.3) is 0 Å². The molecule has 52 valence electrons. The monoisotopic (exact) mass is 253 g/mol. The van der Waals surface area contributed by atoms with Gasteiger partial charge >= 0.3 is 87.3 Å². The zero-order chi connectivity index (χ0) is 4.50. The Morgan fingerprint density at radius 3 is 1.11 bits per heavy atom. The standard InChI is InChI=1S/2Ca.2ClH.H2O4S.2H/c;;;;1-5(2,3)4;;/h;;2*1H;(H2,1,2,3,4);;/q;+2;;;;;/p+1. The average molecular weight is 254 g/mol. The normalized spacial score (nSPS) is 6.44. The first kappa shape index (κ1) is 29.7. The van der Waals surface area contributed by atoms with Crippen molar-refractivity contribution < 1.29 is 18.9 Å². The third-order valence-corrected chi connectivity index (χ3v) is 0. The molecule has 0 fully saturated rings. The van der Waals surface area contributed by atoms with E-state index in [4.69, 9.17) is 17.5 Å². The maximum absolute atomic E-state index is 8.74. The topological polar surface area (TPSA) is 74.6 Å². The van der Waals surface area contributed by atoms with Gasteiger partial charge in [-0.05, 0) is 0 Å².